The van der Waals surface area contributed by atoms with Gasteiger partial charge in [-0.3, -0.25) is 0 Å². The van der Waals surface area contributed by atoms with Crippen LogP contribution in [0.2, 0.25) is 0 Å². The minimum absolute atomic E-state index is 0.0994. The van der Waals surface area contributed by atoms with Gasteiger partial charge in [0.25, 0.3) is 5.79 Å². The van der Waals surface area contributed by atoms with Crippen molar-refractivity contribution in [1.29, 1.82) is 0 Å². The average Bonchev–Trinajstić information content (AvgIpc) is 2.66. The van der Waals surface area contributed by atoms with Crippen molar-refractivity contribution in [2.75, 3.05) is 19.8 Å². The smallest absolute Gasteiger partial charge is 0.364 e. The van der Waals surface area contributed by atoms with Crippen LogP contribution in [0.15, 0.2) is 12.7 Å². The Bertz CT molecular complexity index is 549. The number of ether oxygens (including phenoxy) is 4. The molecule has 0 aromatic carbocycles. The molecule has 0 aromatic rings. The third kappa shape index (κ3) is 4.86. The Morgan fingerprint density at radius 1 is 1.29 bits per heavy atom. The number of carboxylic acid groups (broad SMARTS) is 1. The van der Waals surface area contributed by atoms with Crippen LogP contribution >= 0.6 is 0 Å². The molecule has 0 aromatic heterocycles. The van der Waals surface area contributed by atoms with Crippen LogP contribution in [0.5, 0.6) is 0 Å². The van der Waals surface area contributed by atoms with Crippen molar-refractivity contribution < 1.29 is 54.4 Å². The zero-order chi connectivity index (χ0) is 21.1. The van der Waals surface area contributed by atoms with E-state index in [1.165, 1.54) is 6.08 Å². The highest BCUT2D eigenvalue weighted by Gasteiger charge is 2.54. The number of carboxylic acids is 1. The molecule has 2 rings (SSSR count). The van der Waals surface area contributed by atoms with E-state index in [0.29, 0.717) is 0 Å². The molecule has 12 nitrogen and oxygen atoms in total. The Morgan fingerprint density at radius 2 is 1.96 bits per heavy atom. The lowest BCUT2D eigenvalue weighted by molar-refractivity contribution is -0.326. The third-order valence-electron chi connectivity index (χ3n) is 4.63. The Labute approximate surface area is 160 Å². The van der Waals surface area contributed by atoms with Crippen molar-refractivity contribution in [3.63, 3.8) is 0 Å². The first-order chi connectivity index (χ1) is 13.1. The fourth-order valence-corrected chi connectivity index (χ4v) is 3.00. The summed E-state index contributed by atoms with van der Waals surface area (Å²) in [5.74, 6) is -3.86. The van der Waals surface area contributed by atoms with Crippen LogP contribution < -0.4 is 5.73 Å². The molecule has 0 spiro atoms. The van der Waals surface area contributed by atoms with Gasteiger partial charge >= 0.3 is 5.97 Å². The zero-order valence-electron chi connectivity index (χ0n) is 15.0. The molecule has 2 aliphatic heterocycles. The quantitative estimate of drug-likeness (QED) is 0.193. The zero-order valence-corrected chi connectivity index (χ0v) is 15.0. The Balaban J connectivity index is 2.04. The first-order valence-electron chi connectivity index (χ1n) is 8.68. The topological polar surface area (TPSA) is 201 Å². The molecule has 0 radical (unpaired) electrons. The fraction of sp³-hybridized carbons (Fsp3) is 0.812. The molecule has 8 N–H and O–H groups in total. The van der Waals surface area contributed by atoms with Crippen LogP contribution in [0.25, 0.3) is 0 Å². The van der Waals surface area contributed by atoms with Gasteiger partial charge in [-0.2, -0.15) is 0 Å². The van der Waals surface area contributed by atoms with Crippen molar-refractivity contribution in [2.45, 2.75) is 61.2 Å². The maximum atomic E-state index is 11.6. The van der Waals surface area contributed by atoms with Gasteiger partial charge in [0.1, 0.15) is 30.5 Å². The van der Waals surface area contributed by atoms with Crippen molar-refractivity contribution in [3.8, 4) is 0 Å². The normalized spacial score (nSPS) is 42.7. The van der Waals surface area contributed by atoms with Gasteiger partial charge in [-0.05, 0) is 0 Å². The predicted octanol–water partition coefficient (Wildman–Crippen LogP) is -3.74. The number of rotatable bonds is 8. The number of carbonyl (C=O) groups is 1. The van der Waals surface area contributed by atoms with Gasteiger partial charge in [0.05, 0.1) is 32.0 Å². The van der Waals surface area contributed by atoms with E-state index in [1.807, 2.05) is 0 Å². The molecule has 0 unspecified atom stereocenters. The summed E-state index contributed by atoms with van der Waals surface area (Å²) in [5.41, 5.74) is 5.54. The fourth-order valence-electron chi connectivity index (χ4n) is 3.00. The predicted molar refractivity (Wildman–Crippen MR) is 89.7 cm³/mol. The Kier molecular flexibility index (Phi) is 7.87. The van der Waals surface area contributed by atoms with E-state index in [9.17, 15) is 35.4 Å². The standard InChI is InChI=1S/C16H27NO11/c1-2-3-27-16(15(23)24)4-8(18)11(21)13(28-16)9(19)6-26-14-12(22)10(20)7(17)5-25-14/h2,7-14,18-22H,1,3-6,17H2,(H,23,24)/t7-,8+,9+,10-,11+,12+,13+,14+,16+/m0/s1. The molecule has 9 atom stereocenters. The van der Waals surface area contributed by atoms with Gasteiger partial charge in [-0.25, -0.2) is 4.79 Å². The molecule has 2 aliphatic rings. The maximum Gasteiger partial charge on any atom is 0.364 e. The van der Waals surface area contributed by atoms with Crippen molar-refractivity contribution >= 4 is 5.97 Å². The molecule has 0 bridgehead atoms. The monoisotopic (exact) mass is 409 g/mol. The largest absolute Gasteiger partial charge is 0.477 e. The van der Waals surface area contributed by atoms with E-state index in [-0.39, 0.29) is 13.2 Å². The van der Waals surface area contributed by atoms with Gasteiger partial charge in [0, 0.05) is 6.42 Å². The summed E-state index contributed by atoms with van der Waals surface area (Å²) in [7, 11) is 0. The average molecular weight is 409 g/mol. The molecule has 28 heavy (non-hydrogen) atoms. The summed E-state index contributed by atoms with van der Waals surface area (Å²) < 4.78 is 20.8. The van der Waals surface area contributed by atoms with E-state index in [2.05, 4.69) is 6.58 Å². The highest BCUT2D eigenvalue weighted by molar-refractivity contribution is 5.76. The lowest BCUT2D eigenvalue weighted by Gasteiger charge is -2.44. The van der Waals surface area contributed by atoms with E-state index in [0.717, 1.165) is 0 Å². The third-order valence-corrected chi connectivity index (χ3v) is 4.63. The highest BCUT2D eigenvalue weighted by atomic mass is 16.7. The van der Waals surface area contributed by atoms with E-state index in [1.54, 1.807) is 0 Å². The minimum Gasteiger partial charge on any atom is -0.477 e. The number of aliphatic hydroxyl groups excluding tert-OH is 5. The molecule has 2 heterocycles. The molecule has 2 saturated heterocycles. The lowest BCUT2D eigenvalue weighted by Crippen LogP contribution is -2.63. The van der Waals surface area contributed by atoms with Gasteiger partial charge in [-0.1, -0.05) is 6.08 Å². The highest BCUT2D eigenvalue weighted by Crippen LogP contribution is 2.33. The number of aliphatic hydroxyl groups is 5. The maximum absolute atomic E-state index is 11.6. The lowest BCUT2D eigenvalue weighted by atomic mass is 9.92. The molecule has 2 fully saturated rings. The molecular formula is C16H27NO11. The van der Waals surface area contributed by atoms with E-state index < -0.39 is 73.7 Å². The van der Waals surface area contributed by atoms with Crippen LogP contribution in [0.1, 0.15) is 6.42 Å². The van der Waals surface area contributed by atoms with Crippen LogP contribution in [0.4, 0.5) is 0 Å². The van der Waals surface area contributed by atoms with E-state index >= 15 is 0 Å². The van der Waals surface area contributed by atoms with Crippen LogP contribution in [0.3, 0.4) is 0 Å². The summed E-state index contributed by atoms with van der Waals surface area (Å²) in [6, 6.07) is -0.809. The number of hydrogen-bond acceptors (Lipinski definition) is 11. The van der Waals surface area contributed by atoms with Crippen molar-refractivity contribution in [3.05, 3.63) is 12.7 Å². The summed E-state index contributed by atoms with van der Waals surface area (Å²) >= 11 is 0. The molecule has 0 aliphatic carbocycles. The van der Waals surface area contributed by atoms with Gasteiger partial charge in [0.15, 0.2) is 6.29 Å². The number of nitrogens with two attached hydrogens (primary N) is 1. The Hall–Kier alpha value is -1.19. The molecular weight excluding hydrogens is 382 g/mol. The second-order valence-corrected chi connectivity index (χ2v) is 6.75. The summed E-state index contributed by atoms with van der Waals surface area (Å²) in [4.78, 5) is 11.6. The summed E-state index contributed by atoms with van der Waals surface area (Å²) in [6.45, 7) is 2.51. The summed E-state index contributed by atoms with van der Waals surface area (Å²) in [5, 5.41) is 59.6. The van der Waals surface area contributed by atoms with Gasteiger partial charge < -0.3 is 55.3 Å². The van der Waals surface area contributed by atoms with Crippen LogP contribution in [-0.4, -0.2) is 111 Å². The van der Waals surface area contributed by atoms with Crippen molar-refractivity contribution in [1.82, 2.24) is 0 Å². The number of hydrogen-bond donors (Lipinski definition) is 7. The minimum atomic E-state index is -2.30. The molecule has 0 saturated carbocycles. The first-order valence-corrected chi connectivity index (χ1v) is 8.68. The van der Waals surface area contributed by atoms with Gasteiger partial charge in [-0.15, -0.1) is 6.58 Å². The van der Waals surface area contributed by atoms with E-state index in [4.69, 9.17) is 24.7 Å². The Morgan fingerprint density at radius 3 is 2.57 bits per heavy atom. The van der Waals surface area contributed by atoms with Crippen LogP contribution in [0, 0.1) is 0 Å². The van der Waals surface area contributed by atoms with Crippen LogP contribution in [-0.2, 0) is 23.7 Å². The summed E-state index contributed by atoms with van der Waals surface area (Å²) in [6.07, 6.45) is -9.80. The first kappa shape index (κ1) is 23.1. The van der Waals surface area contributed by atoms with Crippen molar-refractivity contribution in [2.24, 2.45) is 5.73 Å². The second kappa shape index (κ2) is 9.54. The number of aliphatic carboxylic acids is 1. The van der Waals surface area contributed by atoms with Gasteiger partial charge in [0.2, 0.25) is 0 Å². The second-order valence-electron chi connectivity index (χ2n) is 6.75. The molecule has 162 valence electrons. The SMILES string of the molecule is C=CCO[C@]1(C(=O)O)C[C@@H](O)[C@@H](O)[C@@H]([C@H](O)CO[C@H]2OC[C@H](N)[C@H](O)[C@H]2O)O1. The molecule has 0 amide bonds. The molecule has 12 heteroatoms.